The molecule has 122 valence electrons. The molecule has 1 aliphatic heterocycles. The van der Waals surface area contributed by atoms with E-state index in [1.165, 1.54) is 16.4 Å². The van der Waals surface area contributed by atoms with E-state index in [1.54, 1.807) is 6.92 Å². The Balaban J connectivity index is 2.13. The molecule has 1 heterocycles. The lowest BCUT2D eigenvalue weighted by atomic mass is 10.2. The predicted molar refractivity (Wildman–Crippen MR) is 80.0 cm³/mol. The number of primary amides is 1. The highest BCUT2D eigenvalue weighted by Gasteiger charge is 2.29. The van der Waals surface area contributed by atoms with Gasteiger partial charge >= 0.3 is 0 Å². The molecule has 6 nitrogen and oxygen atoms in total. The van der Waals surface area contributed by atoms with E-state index in [2.05, 4.69) is 0 Å². The Morgan fingerprint density at radius 2 is 1.82 bits per heavy atom. The molecule has 1 fully saturated rings. The van der Waals surface area contributed by atoms with Crippen molar-refractivity contribution in [3.8, 4) is 0 Å². The second-order valence-corrected chi connectivity index (χ2v) is 7.26. The number of halogens is 1. The maximum Gasteiger partial charge on any atom is 0.243 e. The standard InChI is InChI=1S/C14H20FN3O3S/c1-11(14(16)19)17-7-2-8-18(10-9-17)22(20,21)13-5-3-12(15)4-6-13/h3-6,11H,2,7-10H2,1H3,(H2,16,19). The van der Waals surface area contributed by atoms with Gasteiger partial charge in [0, 0.05) is 26.2 Å². The fourth-order valence-corrected chi connectivity index (χ4v) is 3.95. The smallest absolute Gasteiger partial charge is 0.243 e. The minimum Gasteiger partial charge on any atom is -0.368 e. The third kappa shape index (κ3) is 3.63. The number of nitrogens with two attached hydrogens (primary N) is 1. The van der Waals surface area contributed by atoms with E-state index in [0.717, 1.165) is 12.1 Å². The minimum atomic E-state index is -3.65. The average Bonchev–Trinajstić information content (AvgIpc) is 2.73. The molecule has 0 aromatic heterocycles. The molecule has 2 N–H and O–H groups in total. The van der Waals surface area contributed by atoms with Gasteiger partial charge in [0.25, 0.3) is 0 Å². The molecule has 1 atom stereocenters. The zero-order valence-corrected chi connectivity index (χ0v) is 13.2. The lowest BCUT2D eigenvalue weighted by Crippen LogP contribution is -2.44. The first-order valence-corrected chi connectivity index (χ1v) is 8.55. The maximum absolute atomic E-state index is 12.9. The fourth-order valence-electron chi connectivity index (χ4n) is 2.48. The van der Waals surface area contributed by atoms with Crippen molar-refractivity contribution in [2.45, 2.75) is 24.3 Å². The molecule has 0 radical (unpaired) electrons. The van der Waals surface area contributed by atoms with Crippen LogP contribution in [0.2, 0.25) is 0 Å². The van der Waals surface area contributed by atoms with Crippen LogP contribution in [0.15, 0.2) is 29.2 Å². The molecule has 1 aromatic rings. The van der Waals surface area contributed by atoms with Crippen LogP contribution in [-0.2, 0) is 14.8 Å². The number of sulfonamides is 1. The Bertz CT molecular complexity index is 633. The third-order valence-corrected chi connectivity index (χ3v) is 5.81. The Morgan fingerprint density at radius 3 is 2.41 bits per heavy atom. The van der Waals surface area contributed by atoms with Gasteiger partial charge in [0.2, 0.25) is 15.9 Å². The van der Waals surface area contributed by atoms with Gasteiger partial charge in [-0.15, -0.1) is 0 Å². The zero-order valence-electron chi connectivity index (χ0n) is 12.4. The molecule has 1 unspecified atom stereocenters. The van der Waals surface area contributed by atoms with Crippen molar-refractivity contribution in [2.75, 3.05) is 26.2 Å². The molecular formula is C14H20FN3O3S. The van der Waals surface area contributed by atoms with Crippen molar-refractivity contribution >= 4 is 15.9 Å². The van der Waals surface area contributed by atoms with Gasteiger partial charge in [-0.1, -0.05) is 0 Å². The van der Waals surface area contributed by atoms with Gasteiger partial charge < -0.3 is 5.73 Å². The number of amides is 1. The summed E-state index contributed by atoms with van der Waals surface area (Å²) in [5.41, 5.74) is 5.30. The Kier molecular flexibility index (Phi) is 5.15. The molecule has 22 heavy (non-hydrogen) atoms. The molecule has 1 saturated heterocycles. The molecular weight excluding hydrogens is 309 g/mol. The number of benzene rings is 1. The molecule has 1 aromatic carbocycles. The number of carbonyl (C=O) groups is 1. The van der Waals surface area contributed by atoms with Crippen molar-refractivity contribution in [2.24, 2.45) is 5.73 Å². The van der Waals surface area contributed by atoms with E-state index in [9.17, 15) is 17.6 Å². The summed E-state index contributed by atoms with van der Waals surface area (Å²) in [5, 5.41) is 0. The second-order valence-electron chi connectivity index (χ2n) is 5.33. The first-order valence-electron chi connectivity index (χ1n) is 7.11. The van der Waals surface area contributed by atoms with Crippen LogP contribution in [0.1, 0.15) is 13.3 Å². The molecule has 0 bridgehead atoms. The van der Waals surface area contributed by atoms with Crippen LogP contribution in [0, 0.1) is 5.82 Å². The number of carbonyl (C=O) groups excluding carboxylic acids is 1. The third-order valence-electron chi connectivity index (χ3n) is 3.90. The van der Waals surface area contributed by atoms with Gasteiger partial charge in [0.05, 0.1) is 10.9 Å². The van der Waals surface area contributed by atoms with E-state index < -0.39 is 27.8 Å². The van der Waals surface area contributed by atoms with Gasteiger partial charge in [-0.05, 0) is 37.6 Å². The van der Waals surface area contributed by atoms with E-state index >= 15 is 0 Å². The van der Waals surface area contributed by atoms with Gasteiger partial charge in [0.15, 0.2) is 0 Å². The van der Waals surface area contributed by atoms with Crippen LogP contribution in [-0.4, -0.2) is 55.8 Å². The summed E-state index contributed by atoms with van der Waals surface area (Å²) in [6, 6.07) is 4.37. The molecule has 0 aliphatic carbocycles. The Labute approximate surface area is 129 Å². The predicted octanol–water partition coefficient (Wildman–Crippen LogP) is 0.396. The first-order chi connectivity index (χ1) is 10.3. The van der Waals surface area contributed by atoms with Gasteiger partial charge in [-0.2, -0.15) is 4.31 Å². The highest BCUT2D eigenvalue weighted by molar-refractivity contribution is 7.89. The van der Waals surface area contributed by atoms with Crippen LogP contribution < -0.4 is 5.73 Å². The van der Waals surface area contributed by atoms with E-state index in [0.29, 0.717) is 26.1 Å². The van der Waals surface area contributed by atoms with Crippen LogP contribution in [0.4, 0.5) is 4.39 Å². The monoisotopic (exact) mass is 329 g/mol. The minimum absolute atomic E-state index is 0.0744. The molecule has 2 rings (SSSR count). The lowest BCUT2D eigenvalue weighted by molar-refractivity contribution is -0.122. The second kappa shape index (κ2) is 6.72. The summed E-state index contributed by atoms with van der Waals surface area (Å²) in [7, 11) is -3.65. The molecule has 0 saturated carbocycles. The zero-order chi connectivity index (χ0) is 16.3. The highest BCUT2D eigenvalue weighted by atomic mass is 32.2. The van der Waals surface area contributed by atoms with Crippen LogP contribution >= 0.6 is 0 Å². The Morgan fingerprint density at radius 1 is 1.18 bits per heavy atom. The van der Waals surface area contributed by atoms with Crippen LogP contribution in [0.25, 0.3) is 0 Å². The van der Waals surface area contributed by atoms with Gasteiger partial charge in [-0.25, -0.2) is 12.8 Å². The lowest BCUT2D eigenvalue weighted by Gasteiger charge is -2.25. The summed E-state index contributed by atoms with van der Waals surface area (Å²) in [5.74, 6) is -0.897. The molecule has 1 amide bonds. The number of nitrogens with zero attached hydrogens (tertiary/aromatic N) is 2. The average molecular weight is 329 g/mol. The number of rotatable bonds is 4. The SMILES string of the molecule is CC(C(N)=O)N1CCCN(S(=O)(=O)c2ccc(F)cc2)CC1. The topological polar surface area (TPSA) is 83.7 Å². The van der Waals surface area contributed by atoms with E-state index in [1.807, 2.05) is 4.90 Å². The fraction of sp³-hybridized carbons (Fsp3) is 0.500. The summed E-state index contributed by atoms with van der Waals surface area (Å²) >= 11 is 0. The van der Waals surface area contributed by atoms with Crippen LogP contribution in [0.3, 0.4) is 0 Å². The largest absolute Gasteiger partial charge is 0.368 e. The number of hydrogen-bond donors (Lipinski definition) is 1. The first kappa shape index (κ1) is 16.9. The van der Waals surface area contributed by atoms with Gasteiger partial charge in [0.1, 0.15) is 5.82 Å². The highest BCUT2D eigenvalue weighted by Crippen LogP contribution is 2.18. The van der Waals surface area contributed by atoms with Crippen molar-refractivity contribution in [3.05, 3.63) is 30.1 Å². The van der Waals surface area contributed by atoms with Crippen molar-refractivity contribution < 1.29 is 17.6 Å². The Hall–Kier alpha value is -1.51. The molecule has 1 aliphatic rings. The quantitative estimate of drug-likeness (QED) is 0.866. The van der Waals surface area contributed by atoms with Crippen molar-refractivity contribution in [3.63, 3.8) is 0 Å². The summed E-state index contributed by atoms with van der Waals surface area (Å²) < 4.78 is 39.4. The molecule has 8 heteroatoms. The summed E-state index contributed by atoms with van der Waals surface area (Å²) in [6.45, 7) is 3.40. The molecule has 0 spiro atoms. The summed E-state index contributed by atoms with van der Waals surface area (Å²) in [4.78, 5) is 13.2. The maximum atomic E-state index is 12.9. The number of hydrogen-bond acceptors (Lipinski definition) is 4. The van der Waals surface area contributed by atoms with Crippen molar-refractivity contribution in [1.82, 2.24) is 9.21 Å². The van der Waals surface area contributed by atoms with E-state index in [-0.39, 0.29) is 11.4 Å². The van der Waals surface area contributed by atoms with Crippen molar-refractivity contribution in [1.29, 1.82) is 0 Å². The summed E-state index contributed by atoms with van der Waals surface area (Å²) in [6.07, 6.45) is 0.609. The van der Waals surface area contributed by atoms with Gasteiger partial charge in [-0.3, -0.25) is 9.69 Å². The normalized spacial score (nSPS) is 19.5. The van der Waals surface area contributed by atoms with Crippen LogP contribution in [0.5, 0.6) is 0 Å². The van der Waals surface area contributed by atoms with E-state index in [4.69, 9.17) is 5.73 Å².